The largest absolute Gasteiger partial charge is 0.381 e. The van der Waals surface area contributed by atoms with Crippen LogP contribution in [-0.2, 0) is 0 Å². The van der Waals surface area contributed by atoms with Crippen molar-refractivity contribution in [2.45, 2.75) is 13.8 Å². The molecule has 0 spiro atoms. The molecule has 50 valence electrons. The summed E-state index contributed by atoms with van der Waals surface area (Å²) in [6, 6.07) is 2.09. The maximum Gasteiger partial charge on any atom is 0.102 e. The minimum atomic E-state index is -0.524. The summed E-state index contributed by atoms with van der Waals surface area (Å²) in [7, 11) is 1.72. The molecular weight excluding hydrogens is 132 g/mol. The zero-order chi connectivity index (χ0) is 7.49. The maximum atomic E-state index is 8.52. The summed E-state index contributed by atoms with van der Waals surface area (Å²) in [6.45, 7) is 3.57. The monoisotopic (exact) mass is 142 g/mol. The first-order valence-electron chi connectivity index (χ1n) is 2.68. The molecule has 0 aromatic rings. The van der Waals surface area contributed by atoms with Crippen molar-refractivity contribution in [3.05, 3.63) is 0 Å². The first-order chi connectivity index (χ1) is 4.04. The van der Waals surface area contributed by atoms with E-state index in [1.165, 1.54) is 0 Å². The number of hydrogen-bond donors (Lipinski definition) is 1. The second-order valence-corrected chi connectivity index (χ2v) is 2.72. The van der Waals surface area contributed by atoms with Gasteiger partial charge in [-0.05, 0) is 13.8 Å². The summed E-state index contributed by atoms with van der Waals surface area (Å²) in [5.74, 6) is 0. The quantitative estimate of drug-likeness (QED) is 0.556. The van der Waals surface area contributed by atoms with Crippen molar-refractivity contribution in [3.63, 3.8) is 0 Å². The molecule has 0 aromatic carbocycles. The van der Waals surface area contributed by atoms with E-state index in [9.17, 15) is 0 Å². The highest BCUT2D eigenvalue weighted by atomic mass is 32.1. The molecule has 0 amide bonds. The van der Waals surface area contributed by atoms with Gasteiger partial charge >= 0.3 is 0 Å². The van der Waals surface area contributed by atoms with Crippen molar-refractivity contribution in [3.8, 4) is 6.07 Å². The van der Waals surface area contributed by atoms with Gasteiger partial charge in [-0.25, -0.2) is 0 Å². The van der Waals surface area contributed by atoms with Crippen LogP contribution in [0.4, 0.5) is 0 Å². The molecule has 0 unspecified atom stereocenters. The van der Waals surface area contributed by atoms with Gasteiger partial charge in [-0.1, -0.05) is 12.2 Å². The number of rotatable bonds is 1. The van der Waals surface area contributed by atoms with Crippen LogP contribution in [0, 0.1) is 16.7 Å². The zero-order valence-corrected chi connectivity index (χ0v) is 6.67. The van der Waals surface area contributed by atoms with Gasteiger partial charge in [-0.3, -0.25) is 0 Å². The molecule has 0 saturated carbocycles. The molecular formula is C6H10N2S. The Balaban J connectivity index is 4.19. The Morgan fingerprint density at radius 2 is 2.11 bits per heavy atom. The van der Waals surface area contributed by atoms with Gasteiger partial charge in [0.15, 0.2) is 0 Å². The highest BCUT2D eigenvalue weighted by Crippen LogP contribution is 2.13. The molecule has 2 nitrogen and oxygen atoms in total. The molecule has 3 heteroatoms. The van der Waals surface area contributed by atoms with Crippen LogP contribution in [0.5, 0.6) is 0 Å². The third-order valence-electron chi connectivity index (χ3n) is 1.07. The second-order valence-electron chi connectivity index (χ2n) is 2.32. The smallest absolute Gasteiger partial charge is 0.102 e. The van der Waals surface area contributed by atoms with Gasteiger partial charge in [0.2, 0.25) is 0 Å². The van der Waals surface area contributed by atoms with E-state index in [2.05, 4.69) is 11.4 Å². The summed E-state index contributed by atoms with van der Waals surface area (Å²) >= 11 is 4.86. The molecule has 0 rings (SSSR count). The highest BCUT2D eigenvalue weighted by molar-refractivity contribution is 7.80. The molecule has 0 heterocycles. The van der Waals surface area contributed by atoms with Gasteiger partial charge in [0.1, 0.15) is 5.41 Å². The van der Waals surface area contributed by atoms with E-state index in [0.29, 0.717) is 4.99 Å². The van der Waals surface area contributed by atoms with Gasteiger partial charge in [-0.2, -0.15) is 5.26 Å². The molecule has 0 bridgehead atoms. The molecule has 1 N–H and O–H groups in total. The maximum absolute atomic E-state index is 8.52. The normalized spacial score (nSPS) is 10.0. The standard InChI is InChI=1S/C6H10N2S/c1-6(2,4-7)5(9)8-3/h1-3H3,(H,8,9). The first kappa shape index (κ1) is 8.38. The lowest BCUT2D eigenvalue weighted by molar-refractivity contribution is 0.683. The van der Waals surface area contributed by atoms with E-state index in [1.807, 2.05) is 0 Å². The van der Waals surface area contributed by atoms with E-state index in [0.717, 1.165) is 0 Å². The van der Waals surface area contributed by atoms with Crippen LogP contribution in [0.25, 0.3) is 0 Å². The van der Waals surface area contributed by atoms with Gasteiger partial charge in [-0.15, -0.1) is 0 Å². The second kappa shape index (κ2) is 2.79. The lowest BCUT2D eigenvalue weighted by Crippen LogP contribution is -2.31. The Kier molecular flexibility index (Phi) is 2.60. The van der Waals surface area contributed by atoms with Crippen LogP contribution in [0.2, 0.25) is 0 Å². The topological polar surface area (TPSA) is 35.8 Å². The number of nitriles is 1. The summed E-state index contributed by atoms with van der Waals surface area (Å²) in [5, 5.41) is 11.3. The van der Waals surface area contributed by atoms with E-state index in [4.69, 9.17) is 17.5 Å². The molecule has 0 fully saturated rings. The molecule has 0 aliphatic heterocycles. The predicted molar refractivity (Wildman–Crippen MR) is 41.1 cm³/mol. The van der Waals surface area contributed by atoms with Crippen LogP contribution >= 0.6 is 12.2 Å². The molecule has 0 saturated heterocycles. The molecule has 0 atom stereocenters. The molecule has 0 aliphatic rings. The van der Waals surface area contributed by atoms with Gasteiger partial charge in [0.25, 0.3) is 0 Å². The summed E-state index contributed by atoms with van der Waals surface area (Å²) in [4.78, 5) is 0.588. The summed E-state index contributed by atoms with van der Waals surface area (Å²) in [6.07, 6.45) is 0. The van der Waals surface area contributed by atoms with Gasteiger partial charge in [0.05, 0.1) is 11.1 Å². The third-order valence-corrected chi connectivity index (χ3v) is 1.79. The van der Waals surface area contributed by atoms with Crippen molar-refractivity contribution in [1.82, 2.24) is 5.32 Å². The van der Waals surface area contributed by atoms with Crippen molar-refractivity contribution >= 4 is 17.2 Å². The van der Waals surface area contributed by atoms with Crippen LogP contribution in [0.15, 0.2) is 0 Å². The lowest BCUT2D eigenvalue weighted by atomic mass is 9.96. The van der Waals surface area contributed by atoms with E-state index in [-0.39, 0.29) is 0 Å². The van der Waals surface area contributed by atoms with Crippen LogP contribution in [-0.4, -0.2) is 12.0 Å². The van der Waals surface area contributed by atoms with Crippen LogP contribution in [0.3, 0.4) is 0 Å². The average Bonchev–Trinajstić information content (AvgIpc) is 1.86. The lowest BCUT2D eigenvalue weighted by Gasteiger charge is -2.15. The van der Waals surface area contributed by atoms with E-state index < -0.39 is 5.41 Å². The highest BCUT2D eigenvalue weighted by Gasteiger charge is 2.21. The molecule has 0 aliphatic carbocycles. The number of nitrogens with zero attached hydrogens (tertiary/aromatic N) is 1. The first-order valence-corrected chi connectivity index (χ1v) is 3.09. The SMILES string of the molecule is CNC(=S)C(C)(C)C#N. The van der Waals surface area contributed by atoms with Crippen LogP contribution in [0.1, 0.15) is 13.8 Å². The van der Waals surface area contributed by atoms with Crippen molar-refractivity contribution < 1.29 is 0 Å². The minimum absolute atomic E-state index is 0.524. The Morgan fingerprint density at radius 1 is 1.67 bits per heavy atom. The fourth-order valence-corrected chi connectivity index (χ4v) is 0.409. The van der Waals surface area contributed by atoms with E-state index in [1.54, 1.807) is 20.9 Å². The number of hydrogen-bond acceptors (Lipinski definition) is 2. The summed E-state index contributed by atoms with van der Waals surface area (Å²) < 4.78 is 0. The Bertz CT molecular complexity index is 155. The number of nitrogens with one attached hydrogen (secondary N) is 1. The van der Waals surface area contributed by atoms with Gasteiger partial charge < -0.3 is 5.32 Å². The molecule has 9 heavy (non-hydrogen) atoms. The fourth-order valence-electron chi connectivity index (χ4n) is 0.363. The van der Waals surface area contributed by atoms with Crippen molar-refractivity contribution in [2.75, 3.05) is 7.05 Å². The van der Waals surface area contributed by atoms with Crippen LogP contribution < -0.4 is 5.32 Å². The average molecular weight is 142 g/mol. The van der Waals surface area contributed by atoms with E-state index >= 15 is 0 Å². The third kappa shape index (κ3) is 1.98. The number of thiocarbonyl (C=S) groups is 1. The predicted octanol–water partition coefficient (Wildman–Crippen LogP) is 1.08. The Hall–Kier alpha value is -0.620. The fraction of sp³-hybridized carbons (Fsp3) is 0.667. The Morgan fingerprint density at radius 3 is 2.22 bits per heavy atom. The minimum Gasteiger partial charge on any atom is -0.381 e. The molecule has 0 aromatic heterocycles. The summed E-state index contributed by atoms with van der Waals surface area (Å²) in [5.41, 5.74) is -0.524. The van der Waals surface area contributed by atoms with Crippen molar-refractivity contribution in [2.24, 2.45) is 5.41 Å². The van der Waals surface area contributed by atoms with Gasteiger partial charge in [0, 0.05) is 7.05 Å². The molecule has 0 radical (unpaired) electrons. The Labute approximate surface area is 60.9 Å². The zero-order valence-electron chi connectivity index (χ0n) is 5.86. The van der Waals surface area contributed by atoms with Crippen molar-refractivity contribution in [1.29, 1.82) is 5.26 Å².